The summed E-state index contributed by atoms with van der Waals surface area (Å²) < 4.78 is 3.03. The Kier molecular flexibility index (Phi) is 4.19. The van der Waals surface area contributed by atoms with E-state index >= 15 is 0 Å². The molecule has 20 heavy (non-hydrogen) atoms. The van der Waals surface area contributed by atoms with Crippen molar-refractivity contribution in [1.29, 1.82) is 0 Å². The topological polar surface area (TPSA) is 73.1 Å². The Labute approximate surface area is 122 Å². The van der Waals surface area contributed by atoms with E-state index in [1.54, 1.807) is 24.3 Å². The summed E-state index contributed by atoms with van der Waals surface area (Å²) in [5.74, 6) is -0.340. The molecule has 0 bridgehead atoms. The number of amides is 1. The molecule has 1 heterocycles. The van der Waals surface area contributed by atoms with Crippen LogP contribution in [0.15, 0.2) is 50.6 Å². The van der Waals surface area contributed by atoms with Gasteiger partial charge in [-0.05, 0) is 24.3 Å². The van der Waals surface area contributed by atoms with Crippen LogP contribution in [-0.4, -0.2) is 15.0 Å². The molecule has 0 spiro atoms. The number of hydrogen-bond acceptors (Lipinski definition) is 3. The number of carbonyl (C=O) groups is 1. The summed E-state index contributed by atoms with van der Waals surface area (Å²) in [5.41, 5.74) is -0.293. The molecule has 6 nitrogen and oxygen atoms in total. The maximum atomic E-state index is 11.8. The number of carbonyl (C=O) groups excluding carboxylic acids is 1. The highest BCUT2D eigenvalue weighted by molar-refractivity contribution is 9.10. The van der Waals surface area contributed by atoms with Gasteiger partial charge in [-0.25, -0.2) is 4.79 Å². The first kappa shape index (κ1) is 14.3. The quantitative estimate of drug-likeness (QED) is 0.906. The molecule has 0 fully saturated rings. The van der Waals surface area contributed by atoms with E-state index in [4.69, 9.17) is 0 Å². The fourth-order valence-corrected chi connectivity index (χ4v) is 1.89. The van der Waals surface area contributed by atoms with Crippen LogP contribution in [0.2, 0.25) is 0 Å². The number of rotatable bonds is 3. The molecule has 0 unspecified atom stereocenters. The van der Waals surface area contributed by atoms with Gasteiger partial charge >= 0.3 is 5.69 Å². The van der Waals surface area contributed by atoms with E-state index in [9.17, 15) is 14.4 Å². The smallest absolute Gasteiger partial charge is 0.325 e. The van der Waals surface area contributed by atoms with E-state index in [0.29, 0.717) is 5.69 Å². The molecule has 1 N–H and O–H groups in total. The summed E-state index contributed by atoms with van der Waals surface area (Å²) in [7, 11) is 1.37. The van der Waals surface area contributed by atoms with Crippen LogP contribution in [-0.2, 0) is 18.4 Å². The largest absolute Gasteiger partial charge is 0.331 e. The number of hydrogen-bond donors (Lipinski definition) is 1. The van der Waals surface area contributed by atoms with Crippen LogP contribution in [0.4, 0.5) is 5.69 Å². The van der Waals surface area contributed by atoms with Gasteiger partial charge in [-0.1, -0.05) is 15.9 Å². The third-order valence-corrected chi connectivity index (χ3v) is 3.23. The highest BCUT2D eigenvalue weighted by Crippen LogP contribution is 2.13. The van der Waals surface area contributed by atoms with Gasteiger partial charge < -0.3 is 5.32 Å². The predicted octanol–water partition coefficient (Wildman–Crippen LogP) is 0.948. The zero-order chi connectivity index (χ0) is 14.7. The number of halogens is 1. The Morgan fingerprint density at radius 1 is 1.20 bits per heavy atom. The number of anilines is 1. The van der Waals surface area contributed by atoms with E-state index < -0.39 is 11.2 Å². The molecule has 2 aromatic rings. The van der Waals surface area contributed by atoms with Crippen molar-refractivity contribution in [2.24, 2.45) is 7.05 Å². The van der Waals surface area contributed by atoms with Gasteiger partial charge in [0.25, 0.3) is 5.56 Å². The van der Waals surface area contributed by atoms with Gasteiger partial charge in [0.05, 0.1) is 0 Å². The second-order valence-electron chi connectivity index (χ2n) is 4.18. The average molecular weight is 338 g/mol. The predicted molar refractivity (Wildman–Crippen MR) is 78.7 cm³/mol. The minimum atomic E-state index is -0.525. The molecule has 0 atom stereocenters. The van der Waals surface area contributed by atoms with Gasteiger partial charge in [-0.2, -0.15) is 0 Å². The molecule has 0 radical (unpaired) electrons. The number of aromatic nitrogens is 2. The van der Waals surface area contributed by atoms with Crippen molar-refractivity contribution in [1.82, 2.24) is 9.13 Å². The molecule has 7 heteroatoms. The Morgan fingerprint density at radius 2 is 1.85 bits per heavy atom. The van der Waals surface area contributed by atoms with Gasteiger partial charge in [0.2, 0.25) is 5.91 Å². The summed E-state index contributed by atoms with van der Waals surface area (Å²) in [6.45, 7) is -0.150. The van der Waals surface area contributed by atoms with Gasteiger partial charge in [-0.15, -0.1) is 0 Å². The minimum absolute atomic E-state index is 0.150. The molecular formula is C13H12BrN3O3. The van der Waals surface area contributed by atoms with Crippen molar-refractivity contribution in [3.8, 4) is 0 Å². The number of nitrogens with zero attached hydrogens (tertiary/aromatic N) is 2. The van der Waals surface area contributed by atoms with E-state index in [1.807, 2.05) is 0 Å². The lowest BCUT2D eigenvalue weighted by atomic mass is 10.3. The third-order valence-electron chi connectivity index (χ3n) is 2.70. The summed E-state index contributed by atoms with van der Waals surface area (Å²) in [6, 6.07) is 8.33. The van der Waals surface area contributed by atoms with Crippen LogP contribution >= 0.6 is 15.9 Å². The molecule has 1 aromatic carbocycles. The van der Waals surface area contributed by atoms with Gasteiger partial charge in [0.1, 0.15) is 6.54 Å². The van der Waals surface area contributed by atoms with E-state index in [1.165, 1.54) is 23.9 Å². The molecule has 0 aliphatic heterocycles. The Morgan fingerprint density at radius 3 is 2.50 bits per heavy atom. The first-order chi connectivity index (χ1) is 9.47. The highest BCUT2D eigenvalue weighted by Gasteiger charge is 2.07. The van der Waals surface area contributed by atoms with Crippen molar-refractivity contribution in [3.05, 3.63) is 61.8 Å². The Hall–Kier alpha value is -2.15. The standard InChI is InChI=1S/C13H12BrN3O3/c1-16-12(19)6-7-17(13(16)20)8-11(18)15-10-4-2-9(14)3-5-10/h2-7H,8H2,1H3,(H,15,18). The van der Waals surface area contributed by atoms with Gasteiger partial charge in [0.15, 0.2) is 0 Å². The SMILES string of the molecule is Cn1c(=O)ccn(CC(=O)Nc2ccc(Br)cc2)c1=O. The van der Waals surface area contributed by atoms with Crippen LogP contribution in [0.3, 0.4) is 0 Å². The summed E-state index contributed by atoms with van der Waals surface area (Å²) in [6.07, 6.45) is 1.31. The first-order valence-electron chi connectivity index (χ1n) is 5.79. The van der Waals surface area contributed by atoms with Crippen molar-refractivity contribution >= 4 is 27.5 Å². The molecule has 0 aliphatic rings. The highest BCUT2D eigenvalue weighted by atomic mass is 79.9. The van der Waals surface area contributed by atoms with E-state index in [0.717, 1.165) is 9.04 Å². The molecule has 2 rings (SSSR count). The maximum Gasteiger partial charge on any atom is 0.331 e. The maximum absolute atomic E-state index is 11.8. The fourth-order valence-electron chi connectivity index (χ4n) is 1.63. The zero-order valence-electron chi connectivity index (χ0n) is 10.7. The molecule has 1 aromatic heterocycles. The first-order valence-corrected chi connectivity index (χ1v) is 6.58. The van der Waals surface area contributed by atoms with Crippen LogP contribution in [0.5, 0.6) is 0 Å². The molecule has 0 saturated heterocycles. The summed E-state index contributed by atoms with van der Waals surface area (Å²) in [4.78, 5) is 34.9. The second kappa shape index (κ2) is 5.87. The number of nitrogens with one attached hydrogen (secondary N) is 1. The van der Waals surface area contributed by atoms with Crippen molar-refractivity contribution < 1.29 is 4.79 Å². The summed E-state index contributed by atoms with van der Waals surface area (Å²) >= 11 is 3.30. The minimum Gasteiger partial charge on any atom is -0.325 e. The Bertz CT molecular complexity index is 747. The van der Waals surface area contributed by atoms with Crippen LogP contribution in [0.25, 0.3) is 0 Å². The average Bonchev–Trinajstić information content (AvgIpc) is 2.42. The van der Waals surface area contributed by atoms with Crippen molar-refractivity contribution in [3.63, 3.8) is 0 Å². The zero-order valence-corrected chi connectivity index (χ0v) is 12.3. The number of benzene rings is 1. The van der Waals surface area contributed by atoms with Crippen molar-refractivity contribution in [2.75, 3.05) is 5.32 Å². The van der Waals surface area contributed by atoms with Crippen molar-refractivity contribution in [2.45, 2.75) is 6.54 Å². The lowest BCUT2D eigenvalue weighted by molar-refractivity contribution is -0.116. The van der Waals surface area contributed by atoms with Crippen LogP contribution < -0.4 is 16.6 Å². The van der Waals surface area contributed by atoms with Gasteiger partial charge in [0, 0.05) is 29.5 Å². The van der Waals surface area contributed by atoms with Crippen LogP contribution in [0, 0.1) is 0 Å². The normalized spacial score (nSPS) is 10.3. The molecule has 1 amide bonds. The van der Waals surface area contributed by atoms with E-state index in [2.05, 4.69) is 21.2 Å². The monoisotopic (exact) mass is 337 g/mol. The third kappa shape index (κ3) is 3.24. The Balaban J connectivity index is 2.13. The lowest BCUT2D eigenvalue weighted by Crippen LogP contribution is -2.38. The molecule has 104 valence electrons. The van der Waals surface area contributed by atoms with Crippen LogP contribution in [0.1, 0.15) is 0 Å². The van der Waals surface area contributed by atoms with Gasteiger partial charge in [-0.3, -0.25) is 18.7 Å². The van der Waals surface area contributed by atoms with E-state index in [-0.39, 0.29) is 12.5 Å². The molecule has 0 aliphatic carbocycles. The fraction of sp³-hybridized carbons (Fsp3) is 0.154. The molecule has 0 saturated carbocycles. The molecular weight excluding hydrogens is 326 g/mol. The second-order valence-corrected chi connectivity index (χ2v) is 5.09. The lowest BCUT2D eigenvalue weighted by Gasteiger charge is -2.08. The summed E-state index contributed by atoms with van der Waals surface area (Å²) in [5, 5.41) is 2.67.